The minimum atomic E-state index is -0.457. The minimum Gasteiger partial charge on any atom is -0.494 e. The SMILES string of the molecule is CCCOc1ccc(OC(=O)c2ccc(C#N)cc2)cc1. The average molecular weight is 281 g/mol. The van der Waals surface area contributed by atoms with E-state index < -0.39 is 5.97 Å². The summed E-state index contributed by atoms with van der Waals surface area (Å²) in [5.41, 5.74) is 0.907. The number of ether oxygens (including phenoxy) is 2. The minimum absolute atomic E-state index is 0.403. The Labute approximate surface area is 123 Å². The fourth-order valence-corrected chi connectivity index (χ4v) is 1.67. The first-order valence-corrected chi connectivity index (χ1v) is 6.68. The summed E-state index contributed by atoms with van der Waals surface area (Å²) in [6.45, 7) is 2.69. The van der Waals surface area contributed by atoms with E-state index in [2.05, 4.69) is 0 Å². The van der Waals surface area contributed by atoms with Gasteiger partial charge in [-0.25, -0.2) is 4.79 Å². The van der Waals surface area contributed by atoms with Gasteiger partial charge in [0, 0.05) is 0 Å². The molecule has 106 valence electrons. The molecule has 0 fully saturated rings. The van der Waals surface area contributed by atoms with E-state index in [9.17, 15) is 4.79 Å². The summed E-state index contributed by atoms with van der Waals surface area (Å²) in [5, 5.41) is 8.71. The zero-order valence-electron chi connectivity index (χ0n) is 11.7. The molecule has 0 spiro atoms. The van der Waals surface area contributed by atoms with Gasteiger partial charge in [0.2, 0.25) is 0 Å². The molecule has 0 saturated heterocycles. The van der Waals surface area contributed by atoms with Crippen LogP contribution in [-0.2, 0) is 0 Å². The van der Waals surface area contributed by atoms with Gasteiger partial charge in [0.25, 0.3) is 0 Å². The first-order chi connectivity index (χ1) is 10.2. The number of esters is 1. The van der Waals surface area contributed by atoms with Crippen LogP contribution in [0.2, 0.25) is 0 Å². The van der Waals surface area contributed by atoms with Crippen LogP contribution in [0, 0.1) is 11.3 Å². The molecule has 0 N–H and O–H groups in total. The Morgan fingerprint density at radius 3 is 2.24 bits per heavy atom. The molecule has 0 heterocycles. The van der Waals surface area contributed by atoms with Crippen LogP contribution >= 0.6 is 0 Å². The normalized spacial score (nSPS) is 9.71. The number of hydrogen-bond acceptors (Lipinski definition) is 4. The number of hydrogen-bond donors (Lipinski definition) is 0. The van der Waals surface area contributed by atoms with Gasteiger partial charge in [-0.05, 0) is 55.0 Å². The van der Waals surface area contributed by atoms with Gasteiger partial charge in [-0.1, -0.05) is 6.92 Å². The monoisotopic (exact) mass is 281 g/mol. The number of nitrogens with zero attached hydrogens (tertiary/aromatic N) is 1. The lowest BCUT2D eigenvalue weighted by molar-refractivity contribution is 0.0734. The zero-order chi connectivity index (χ0) is 15.1. The second kappa shape index (κ2) is 7.11. The van der Waals surface area contributed by atoms with Gasteiger partial charge in [-0.15, -0.1) is 0 Å². The fourth-order valence-electron chi connectivity index (χ4n) is 1.67. The van der Waals surface area contributed by atoms with E-state index >= 15 is 0 Å². The third kappa shape index (κ3) is 4.08. The summed E-state index contributed by atoms with van der Waals surface area (Å²) >= 11 is 0. The molecular formula is C17H15NO3. The average Bonchev–Trinajstić information content (AvgIpc) is 2.54. The molecule has 0 atom stereocenters. The lowest BCUT2D eigenvalue weighted by Gasteiger charge is -2.07. The van der Waals surface area contributed by atoms with Crippen LogP contribution in [0.1, 0.15) is 29.3 Å². The molecule has 0 radical (unpaired) electrons. The number of carbonyl (C=O) groups excluding carboxylic acids is 1. The smallest absolute Gasteiger partial charge is 0.343 e. The third-order valence-electron chi connectivity index (χ3n) is 2.76. The van der Waals surface area contributed by atoms with Gasteiger partial charge >= 0.3 is 5.97 Å². The molecule has 0 aliphatic heterocycles. The molecule has 4 heteroatoms. The predicted octanol–water partition coefficient (Wildman–Crippen LogP) is 3.57. The number of nitriles is 1. The van der Waals surface area contributed by atoms with Crippen molar-refractivity contribution in [3.8, 4) is 17.6 Å². The van der Waals surface area contributed by atoms with E-state index in [0.717, 1.165) is 12.2 Å². The van der Waals surface area contributed by atoms with Crippen LogP contribution in [-0.4, -0.2) is 12.6 Å². The molecule has 0 aromatic heterocycles. The maximum absolute atomic E-state index is 11.9. The van der Waals surface area contributed by atoms with Crippen LogP contribution in [0.25, 0.3) is 0 Å². The van der Waals surface area contributed by atoms with Crippen molar-refractivity contribution in [3.05, 3.63) is 59.7 Å². The van der Waals surface area contributed by atoms with Crippen molar-refractivity contribution in [3.63, 3.8) is 0 Å². The molecule has 0 saturated carbocycles. The standard InChI is InChI=1S/C17H15NO3/c1-2-11-20-15-7-9-16(10-8-15)21-17(19)14-5-3-13(12-18)4-6-14/h3-10H,2,11H2,1H3. The Morgan fingerprint density at radius 1 is 1.05 bits per heavy atom. The molecule has 0 amide bonds. The van der Waals surface area contributed by atoms with E-state index in [-0.39, 0.29) is 0 Å². The molecule has 0 unspecified atom stereocenters. The molecule has 2 aromatic rings. The van der Waals surface area contributed by atoms with Crippen LogP contribution < -0.4 is 9.47 Å². The van der Waals surface area contributed by atoms with Crippen molar-refractivity contribution in [2.75, 3.05) is 6.61 Å². The lowest BCUT2D eigenvalue weighted by Crippen LogP contribution is -2.08. The predicted molar refractivity (Wildman–Crippen MR) is 78.3 cm³/mol. The van der Waals surface area contributed by atoms with Gasteiger partial charge in [0.15, 0.2) is 0 Å². The number of benzene rings is 2. The number of carbonyl (C=O) groups is 1. The summed E-state index contributed by atoms with van der Waals surface area (Å²) in [6.07, 6.45) is 0.940. The van der Waals surface area contributed by atoms with Crippen LogP contribution in [0.5, 0.6) is 11.5 Å². The summed E-state index contributed by atoms with van der Waals surface area (Å²) in [7, 11) is 0. The zero-order valence-corrected chi connectivity index (χ0v) is 11.7. The highest BCUT2D eigenvalue weighted by Crippen LogP contribution is 2.19. The second-order valence-electron chi connectivity index (χ2n) is 4.40. The molecule has 0 aliphatic carbocycles. The summed E-state index contributed by atoms with van der Waals surface area (Å²) in [5.74, 6) is 0.741. The van der Waals surface area contributed by atoms with Gasteiger partial charge < -0.3 is 9.47 Å². The van der Waals surface area contributed by atoms with Crippen LogP contribution in [0.3, 0.4) is 0 Å². The Hall–Kier alpha value is -2.80. The quantitative estimate of drug-likeness (QED) is 0.621. The summed E-state index contributed by atoms with van der Waals surface area (Å²) < 4.78 is 10.7. The van der Waals surface area contributed by atoms with E-state index in [1.807, 2.05) is 13.0 Å². The molecule has 4 nitrogen and oxygen atoms in total. The first kappa shape index (κ1) is 14.6. The van der Waals surface area contributed by atoms with Crippen molar-refractivity contribution < 1.29 is 14.3 Å². The molecule has 2 rings (SSSR count). The van der Waals surface area contributed by atoms with Crippen molar-refractivity contribution >= 4 is 5.97 Å². The van der Waals surface area contributed by atoms with Gasteiger partial charge in [-0.2, -0.15) is 5.26 Å². The van der Waals surface area contributed by atoms with Crippen molar-refractivity contribution in [2.24, 2.45) is 0 Å². The maximum Gasteiger partial charge on any atom is 0.343 e. The van der Waals surface area contributed by atoms with Gasteiger partial charge in [-0.3, -0.25) is 0 Å². The molecule has 0 aliphatic rings. The Morgan fingerprint density at radius 2 is 1.67 bits per heavy atom. The summed E-state index contributed by atoms with van der Waals surface area (Å²) in [4.78, 5) is 11.9. The largest absolute Gasteiger partial charge is 0.494 e. The lowest BCUT2D eigenvalue weighted by atomic mass is 10.1. The Bertz CT molecular complexity index is 639. The second-order valence-corrected chi connectivity index (χ2v) is 4.40. The molecular weight excluding hydrogens is 266 g/mol. The van der Waals surface area contributed by atoms with Crippen LogP contribution in [0.4, 0.5) is 0 Å². The topological polar surface area (TPSA) is 59.3 Å². The first-order valence-electron chi connectivity index (χ1n) is 6.68. The van der Waals surface area contributed by atoms with Crippen LogP contribution in [0.15, 0.2) is 48.5 Å². The Balaban J connectivity index is 2.00. The van der Waals surface area contributed by atoms with Gasteiger partial charge in [0.1, 0.15) is 11.5 Å². The Kier molecular flexibility index (Phi) is 4.94. The molecule has 21 heavy (non-hydrogen) atoms. The van der Waals surface area contributed by atoms with Gasteiger partial charge in [0.05, 0.1) is 23.8 Å². The number of rotatable bonds is 5. The van der Waals surface area contributed by atoms with Crippen molar-refractivity contribution in [1.82, 2.24) is 0 Å². The highest BCUT2D eigenvalue weighted by atomic mass is 16.5. The van der Waals surface area contributed by atoms with Crippen molar-refractivity contribution in [1.29, 1.82) is 5.26 Å². The molecule has 2 aromatic carbocycles. The fraction of sp³-hybridized carbons (Fsp3) is 0.176. The summed E-state index contributed by atoms with van der Waals surface area (Å²) in [6, 6.07) is 15.2. The van der Waals surface area contributed by atoms with E-state index in [1.165, 1.54) is 0 Å². The highest BCUT2D eigenvalue weighted by Gasteiger charge is 2.08. The highest BCUT2D eigenvalue weighted by molar-refractivity contribution is 5.91. The molecule has 0 bridgehead atoms. The van der Waals surface area contributed by atoms with Crippen molar-refractivity contribution in [2.45, 2.75) is 13.3 Å². The third-order valence-corrected chi connectivity index (χ3v) is 2.76. The van der Waals surface area contributed by atoms with E-state index in [4.69, 9.17) is 14.7 Å². The maximum atomic E-state index is 11.9. The van der Waals surface area contributed by atoms with E-state index in [1.54, 1.807) is 48.5 Å². The van der Waals surface area contributed by atoms with E-state index in [0.29, 0.717) is 23.5 Å².